The lowest BCUT2D eigenvalue weighted by molar-refractivity contribution is 0.260. The van der Waals surface area contributed by atoms with Crippen LogP contribution in [-0.4, -0.2) is 49.8 Å². The molecule has 0 atom stereocenters. The van der Waals surface area contributed by atoms with E-state index in [0.717, 1.165) is 19.3 Å². The van der Waals surface area contributed by atoms with E-state index in [1.165, 1.54) is 4.31 Å². The zero-order chi connectivity index (χ0) is 13.6. The Morgan fingerprint density at radius 1 is 1.44 bits per heavy atom. The van der Waals surface area contributed by atoms with Crippen molar-refractivity contribution in [3.05, 3.63) is 12.7 Å². The van der Waals surface area contributed by atoms with Crippen LogP contribution in [0.25, 0.3) is 0 Å². The fourth-order valence-electron chi connectivity index (χ4n) is 2.23. The largest absolute Gasteiger partial charge is 0.330 e. The Balaban J connectivity index is 2.69. The number of piperidine rings is 1. The van der Waals surface area contributed by atoms with Crippen molar-refractivity contribution in [1.29, 1.82) is 0 Å². The fraction of sp³-hybridized carbons (Fsp3) is 0.833. The molecule has 0 radical (unpaired) electrons. The lowest BCUT2D eigenvalue weighted by atomic mass is 9.99. The van der Waals surface area contributed by atoms with Crippen molar-refractivity contribution in [1.82, 2.24) is 8.61 Å². The van der Waals surface area contributed by atoms with Crippen LogP contribution in [0.15, 0.2) is 12.7 Å². The molecule has 0 aromatic rings. The Bertz CT molecular complexity index is 348. The van der Waals surface area contributed by atoms with Gasteiger partial charge in [-0.2, -0.15) is 17.0 Å². The molecule has 1 heterocycles. The van der Waals surface area contributed by atoms with Gasteiger partial charge in [0.2, 0.25) is 0 Å². The maximum atomic E-state index is 12.4. The summed E-state index contributed by atoms with van der Waals surface area (Å²) in [6.45, 7) is 8.35. The van der Waals surface area contributed by atoms with E-state index in [0.29, 0.717) is 38.6 Å². The molecule has 5 nitrogen and oxygen atoms in total. The third kappa shape index (κ3) is 3.78. The first-order valence-corrected chi connectivity index (χ1v) is 8.02. The highest BCUT2D eigenvalue weighted by Crippen LogP contribution is 2.20. The van der Waals surface area contributed by atoms with Crippen LogP contribution >= 0.6 is 0 Å². The van der Waals surface area contributed by atoms with Gasteiger partial charge in [0.05, 0.1) is 0 Å². The predicted octanol–water partition coefficient (Wildman–Crippen LogP) is 0.800. The van der Waals surface area contributed by atoms with E-state index in [2.05, 4.69) is 6.58 Å². The molecular formula is C12H25N3O2S. The monoisotopic (exact) mass is 275 g/mol. The average molecular weight is 275 g/mol. The molecule has 106 valence electrons. The number of nitrogens with two attached hydrogens (primary N) is 1. The van der Waals surface area contributed by atoms with Crippen LogP contribution in [0.2, 0.25) is 0 Å². The molecule has 2 N–H and O–H groups in total. The highest BCUT2D eigenvalue weighted by atomic mass is 32.2. The van der Waals surface area contributed by atoms with Gasteiger partial charge in [-0.3, -0.25) is 0 Å². The molecule has 0 aromatic heterocycles. The summed E-state index contributed by atoms with van der Waals surface area (Å²) in [5.41, 5.74) is 5.62. The van der Waals surface area contributed by atoms with Crippen LogP contribution in [0.5, 0.6) is 0 Å². The third-order valence-electron chi connectivity index (χ3n) is 3.37. The Hall–Kier alpha value is -0.430. The second-order valence-electron chi connectivity index (χ2n) is 4.73. The van der Waals surface area contributed by atoms with Gasteiger partial charge in [-0.25, -0.2) is 0 Å². The molecule has 1 saturated heterocycles. The molecule has 0 unspecified atom stereocenters. The van der Waals surface area contributed by atoms with E-state index in [1.54, 1.807) is 10.4 Å². The van der Waals surface area contributed by atoms with E-state index in [4.69, 9.17) is 5.73 Å². The zero-order valence-electron chi connectivity index (χ0n) is 11.2. The predicted molar refractivity (Wildman–Crippen MR) is 74.3 cm³/mol. The van der Waals surface area contributed by atoms with Crippen LogP contribution in [-0.2, 0) is 10.2 Å². The van der Waals surface area contributed by atoms with E-state index >= 15 is 0 Å². The van der Waals surface area contributed by atoms with Gasteiger partial charge in [-0.15, -0.1) is 6.58 Å². The smallest absolute Gasteiger partial charge is 0.282 e. The summed E-state index contributed by atoms with van der Waals surface area (Å²) in [4.78, 5) is 0. The molecule has 1 aliphatic heterocycles. The molecule has 6 heteroatoms. The van der Waals surface area contributed by atoms with Crippen LogP contribution < -0.4 is 5.73 Å². The zero-order valence-corrected chi connectivity index (χ0v) is 12.0. The second-order valence-corrected chi connectivity index (χ2v) is 6.66. The maximum absolute atomic E-state index is 12.4. The maximum Gasteiger partial charge on any atom is 0.282 e. The summed E-state index contributed by atoms with van der Waals surface area (Å²) in [7, 11) is -3.33. The number of hydrogen-bond acceptors (Lipinski definition) is 3. The van der Waals surface area contributed by atoms with Gasteiger partial charge in [0.1, 0.15) is 0 Å². The minimum atomic E-state index is -3.33. The molecule has 0 spiro atoms. The SMILES string of the molecule is C=CCN(CCC)S(=O)(=O)N1CCC(CN)CC1. The van der Waals surface area contributed by atoms with Gasteiger partial charge in [0.15, 0.2) is 0 Å². The fourth-order valence-corrected chi connectivity index (χ4v) is 3.94. The molecule has 1 aliphatic rings. The van der Waals surface area contributed by atoms with Gasteiger partial charge in [-0.1, -0.05) is 13.0 Å². The highest BCUT2D eigenvalue weighted by molar-refractivity contribution is 7.86. The van der Waals surface area contributed by atoms with Crippen molar-refractivity contribution in [3.63, 3.8) is 0 Å². The summed E-state index contributed by atoms with van der Waals surface area (Å²) in [6.07, 6.45) is 4.18. The van der Waals surface area contributed by atoms with Crippen molar-refractivity contribution >= 4 is 10.2 Å². The molecule has 0 amide bonds. The first-order valence-electron chi connectivity index (χ1n) is 6.62. The van der Waals surface area contributed by atoms with Crippen molar-refractivity contribution in [2.75, 3.05) is 32.7 Å². The topological polar surface area (TPSA) is 66.6 Å². The minimum Gasteiger partial charge on any atom is -0.330 e. The van der Waals surface area contributed by atoms with Crippen LogP contribution in [0, 0.1) is 5.92 Å². The van der Waals surface area contributed by atoms with E-state index in [-0.39, 0.29) is 0 Å². The van der Waals surface area contributed by atoms with Crippen molar-refractivity contribution in [2.45, 2.75) is 26.2 Å². The molecular weight excluding hydrogens is 250 g/mol. The molecule has 0 bridgehead atoms. The average Bonchev–Trinajstić information content (AvgIpc) is 2.38. The number of hydrogen-bond donors (Lipinski definition) is 1. The van der Waals surface area contributed by atoms with Gasteiger partial charge in [0.25, 0.3) is 10.2 Å². The van der Waals surface area contributed by atoms with Gasteiger partial charge < -0.3 is 5.73 Å². The van der Waals surface area contributed by atoms with Crippen molar-refractivity contribution in [3.8, 4) is 0 Å². The quantitative estimate of drug-likeness (QED) is 0.699. The molecule has 1 fully saturated rings. The Morgan fingerprint density at radius 3 is 2.50 bits per heavy atom. The first kappa shape index (κ1) is 15.6. The van der Waals surface area contributed by atoms with E-state index in [1.807, 2.05) is 6.92 Å². The Kier molecular flexibility index (Phi) is 6.28. The molecule has 0 saturated carbocycles. The Morgan fingerprint density at radius 2 is 2.06 bits per heavy atom. The third-order valence-corrected chi connectivity index (χ3v) is 5.37. The van der Waals surface area contributed by atoms with Gasteiger partial charge in [-0.05, 0) is 31.7 Å². The van der Waals surface area contributed by atoms with Crippen molar-refractivity contribution in [2.24, 2.45) is 11.7 Å². The molecule has 1 rings (SSSR count). The van der Waals surface area contributed by atoms with Crippen LogP contribution in [0.4, 0.5) is 0 Å². The number of nitrogens with zero attached hydrogens (tertiary/aromatic N) is 2. The van der Waals surface area contributed by atoms with Gasteiger partial charge in [0, 0.05) is 26.2 Å². The summed E-state index contributed by atoms with van der Waals surface area (Å²) in [5.74, 6) is 0.468. The minimum absolute atomic E-state index is 0.382. The number of rotatable bonds is 7. The van der Waals surface area contributed by atoms with Crippen LogP contribution in [0.3, 0.4) is 0 Å². The van der Waals surface area contributed by atoms with Crippen LogP contribution in [0.1, 0.15) is 26.2 Å². The Labute approximate surface area is 111 Å². The summed E-state index contributed by atoms with van der Waals surface area (Å²) >= 11 is 0. The summed E-state index contributed by atoms with van der Waals surface area (Å²) in [5, 5.41) is 0. The molecule has 18 heavy (non-hydrogen) atoms. The lowest BCUT2D eigenvalue weighted by Crippen LogP contribution is -2.48. The van der Waals surface area contributed by atoms with Crippen molar-refractivity contribution < 1.29 is 8.42 Å². The highest BCUT2D eigenvalue weighted by Gasteiger charge is 2.31. The molecule has 0 aliphatic carbocycles. The summed E-state index contributed by atoms with van der Waals surface area (Å²) in [6, 6.07) is 0. The normalized spacial score (nSPS) is 19.3. The second kappa shape index (κ2) is 7.23. The van der Waals surface area contributed by atoms with E-state index in [9.17, 15) is 8.42 Å². The van der Waals surface area contributed by atoms with Gasteiger partial charge >= 0.3 is 0 Å². The first-order chi connectivity index (χ1) is 8.56. The van der Waals surface area contributed by atoms with E-state index < -0.39 is 10.2 Å². The molecule has 0 aromatic carbocycles. The summed E-state index contributed by atoms with van der Waals surface area (Å²) < 4.78 is 28.0. The lowest BCUT2D eigenvalue weighted by Gasteiger charge is -2.34. The standard InChI is InChI=1S/C12H25N3O2S/c1-3-7-14(8-4-2)18(16,17)15-9-5-12(11-13)6-10-15/h3,12H,1,4-11,13H2,2H3.